The maximum Gasteiger partial charge on any atom is 0.516 e. The van der Waals surface area contributed by atoms with Gasteiger partial charge in [0.1, 0.15) is 6.61 Å². The molecular formula is C17H16ClF3N2O3S. The van der Waals surface area contributed by atoms with Crippen LogP contribution in [0.5, 0.6) is 0 Å². The minimum absolute atomic E-state index is 0.103. The van der Waals surface area contributed by atoms with E-state index in [2.05, 4.69) is 5.16 Å². The van der Waals surface area contributed by atoms with Gasteiger partial charge in [-0.2, -0.15) is 21.6 Å². The Kier molecular flexibility index (Phi) is 6.72. The first-order valence-corrected chi connectivity index (χ1v) is 9.62. The molecule has 0 saturated heterocycles. The molecule has 0 bridgehead atoms. The third-order valence-corrected chi connectivity index (χ3v) is 4.76. The van der Waals surface area contributed by atoms with Crippen LogP contribution in [0.15, 0.2) is 53.7 Å². The summed E-state index contributed by atoms with van der Waals surface area (Å²) in [5.41, 5.74) is -4.54. The summed E-state index contributed by atoms with van der Waals surface area (Å²) in [6.45, 7) is 1.85. The quantitative estimate of drug-likeness (QED) is 0.510. The number of nitrogens with one attached hydrogen (secondary N) is 1. The van der Waals surface area contributed by atoms with Gasteiger partial charge in [-0.3, -0.25) is 4.72 Å². The van der Waals surface area contributed by atoms with Gasteiger partial charge < -0.3 is 4.84 Å². The van der Waals surface area contributed by atoms with Crippen LogP contribution in [-0.2, 0) is 21.5 Å². The molecule has 0 amide bonds. The number of hydrogen-bond donors (Lipinski definition) is 1. The zero-order valence-corrected chi connectivity index (χ0v) is 15.7. The van der Waals surface area contributed by atoms with E-state index in [1.807, 2.05) is 30.3 Å². The Bertz CT molecular complexity index is 917. The summed E-state index contributed by atoms with van der Waals surface area (Å²) >= 11 is 5.91. The lowest BCUT2D eigenvalue weighted by molar-refractivity contribution is -0.0429. The fourth-order valence-corrected chi connectivity index (χ4v) is 2.87. The first-order valence-electron chi connectivity index (χ1n) is 7.76. The molecule has 0 aliphatic heterocycles. The van der Waals surface area contributed by atoms with Gasteiger partial charge in [0.25, 0.3) is 0 Å². The van der Waals surface area contributed by atoms with Crippen molar-refractivity contribution in [3.8, 4) is 0 Å². The van der Waals surface area contributed by atoms with E-state index >= 15 is 0 Å². The molecule has 5 nitrogen and oxygen atoms in total. The Morgan fingerprint density at radius 1 is 1.19 bits per heavy atom. The van der Waals surface area contributed by atoms with Crippen molar-refractivity contribution >= 4 is 33.0 Å². The lowest BCUT2D eigenvalue weighted by Crippen LogP contribution is -2.30. The number of anilines is 1. The summed E-state index contributed by atoms with van der Waals surface area (Å²) < 4.78 is 62.4. The molecule has 0 aliphatic rings. The highest BCUT2D eigenvalue weighted by Gasteiger charge is 2.46. The van der Waals surface area contributed by atoms with Crippen molar-refractivity contribution < 1.29 is 26.4 Å². The van der Waals surface area contributed by atoms with Crippen molar-refractivity contribution in [2.45, 2.75) is 25.5 Å². The number of oxime groups is 1. The fraction of sp³-hybridized carbons (Fsp3) is 0.235. The molecule has 10 heteroatoms. The van der Waals surface area contributed by atoms with Gasteiger partial charge in [0.05, 0.1) is 11.4 Å². The number of halogens is 4. The molecule has 0 heterocycles. The second-order valence-corrected chi connectivity index (χ2v) is 7.50. The minimum atomic E-state index is -5.58. The van der Waals surface area contributed by atoms with Crippen molar-refractivity contribution in [1.82, 2.24) is 0 Å². The molecule has 2 aromatic carbocycles. The summed E-state index contributed by atoms with van der Waals surface area (Å²) in [6, 6.07) is 12.9. The number of hydrogen-bond acceptors (Lipinski definition) is 4. The number of rotatable bonds is 7. The summed E-state index contributed by atoms with van der Waals surface area (Å²) in [5.74, 6) is 0. The van der Waals surface area contributed by atoms with Crippen molar-refractivity contribution in [3.63, 3.8) is 0 Å². The largest absolute Gasteiger partial charge is 0.516 e. The van der Waals surface area contributed by atoms with Crippen molar-refractivity contribution in [2.24, 2.45) is 5.16 Å². The molecule has 27 heavy (non-hydrogen) atoms. The molecule has 1 N–H and O–H groups in total. The summed E-state index contributed by atoms with van der Waals surface area (Å²) in [4.78, 5) is 5.26. The summed E-state index contributed by atoms with van der Waals surface area (Å²) in [5, 5.41) is 4.16. The summed E-state index contributed by atoms with van der Waals surface area (Å²) in [7, 11) is -5.58. The molecule has 0 spiro atoms. The first-order chi connectivity index (χ1) is 12.6. The second kappa shape index (κ2) is 8.62. The van der Waals surface area contributed by atoms with Crippen LogP contribution in [0, 0.1) is 0 Å². The Morgan fingerprint density at radius 2 is 1.85 bits per heavy atom. The van der Waals surface area contributed by atoms with Crippen LogP contribution in [0.2, 0.25) is 5.02 Å². The highest BCUT2D eigenvalue weighted by atomic mass is 35.5. The topological polar surface area (TPSA) is 67.8 Å². The van der Waals surface area contributed by atoms with E-state index in [1.165, 1.54) is 16.9 Å². The standard InChI is InChI=1S/C17H16ClF3N2O3S/c1-2-15(22-26-11-12-6-4-3-5-7-12)14-10-13(18)8-9-16(14)23-27(24,25)17(19,20)21/h3-10,23H,2,11H2,1H3/b22-15+. The van der Waals surface area contributed by atoms with Gasteiger partial charge in [0.2, 0.25) is 0 Å². The SMILES string of the molecule is CC/C(=N\OCc1ccccc1)c1cc(Cl)ccc1NS(=O)(=O)C(F)(F)F. The Labute approximate surface area is 159 Å². The van der Waals surface area contributed by atoms with E-state index in [-0.39, 0.29) is 35.0 Å². The van der Waals surface area contributed by atoms with Gasteiger partial charge in [0.15, 0.2) is 0 Å². The third-order valence-electron chi connectivity index (χ3n) is 3.43. The average Bonchev–Trinajstić information content (AvgIpc) is 2.60. The second-order valence-electron chi connectivity index (χ2n) is 5.39. The predicted molar refractivity (Wildman–Crippen MR) is 98.1 cm³/mol. The maximum atomic E-state index is 12.7. The van der Waals surface area contributed by atoms with Crippen molar-refractivity contribution in [3.05, 3.63) is 64.7 Å². The van der Waals surface area contributed by atoms with Crippen LogP contribution in [0.25, 0.3) is 0 Å². The van der Waals surface area contributed by atoms with E-state index in [1.54, 1.807) is 6.92 Å². The molecule has 146 valence electrons. The third kappa shape index (κ3) is 5.61. The molecule has 2 aromatic rings. The molecule has 2 rings (SSSR count). The highest BCUT2D eigenvalue weighted by Crippen LogP contribution is 2.29. The van der Waals surface area contributed by atoms with E-state index < -0.39 is 15.5 Å². The van der Waals surface area contributed by atoms with Crippen LogP contribution in [0.4, 0.5) is 18.9 Å². The average molecular weight is 421 g/mol. The maximum absolute atomic E-state index is 12.7. The van der Waals surface area contributed by atoms with E-state index in [0.717, 1.165) is 11.6 Å². The Balaban J connectivity index is 2.31. The van der Waals surface area contributed by atoms with Crippen LogP contribution < -0.4 is 4.72 Å². The first kappa shape index (κ1) is 21.0. The van der Waals surface area contributed by atoms with Gasteiger partial charge in [-0.15, -0.1) is 0 Å². The van der Waals surface area contributed by atoms with Gasteiger partial charge in [-0.25, -0.2) is 0 Å². The van der Waals surface area contributed by atoms with Gasteiger partial charge >= 0.3 is 15.5 Å². The van der Waals surface area contributed by atoms with Crippen LogP contribution >= 0.6 is 11.6 Å². The number of nitrogens with zero attached hydrogens (tertiary/aromatic N) is 1. The molecular weight excluding hydrogens is 405 g/mol. The monoisotopic (exact) mass is 420 g/mol. The molecule has 0 atom stereocenters. The molecule has 0 radical (unpaired) electrons. The number of benzene rings is 2. The van der Waals surface area contributed by atoms with Crippen LogP contribution in [-0.4, -0.2) is 19.6 Å². The molecule has 0 saturated carbocycles. The van der Waals surface area contributed by atoms with Crippen LogP contribution in [0.3, 0.4) is 0 Å². The van der Waals surface area contributed by atoms with Gasteiger partial charge in [-0.05, 0) is 30.2 Å². The van der Waals surface area contributed by atoms with E-state index in [9.17, 15) is 21.6 Å². The zero-order valence-electron chi connectivity index (χ0n) is 14.1. The normalized spacial score (nSPS) is 12.7. The van der Waals surface area contributed by atoms with Gasteiger partial charge in [-0.1, -0.05) is 54.0 Å². The molecule has 0 aromatic heterocycles. The fourth-order valence-electron chi connectivity index (χ4n) is 2.11. The predicted octanol–water partition coefficient (Wildman–Crippen LogP) is 4.93. The summed E-state index contributed by atoms with van der Waals surface area (Å²) in [6.07, 6.45) is 0.274. The van der Waals surface area contributed by atoms with Gasteiger partial charge in [0, 0.05) is 10.6 Å². The minimum Gasteiger partial charge on any atom is -0.391 e. The number of sulfonamides is 1. The van der Waals surface area contributed by atoms with Crippen molar-refractivity contribution in [2.75, 3.05) is 4.72 Å². The number of alkyl halides is 3. The molecule has 0 unspecified atom stereocenters. The smallest absolute Gasteiger partial charge is 0.391 e. The van der Waals surface area contributed by atoms with Crippen molar-refractivity contribution in [1.29, 1.82) is 0 Å². The Morgan fingerprint density at radius 3 is 2.44 bits per heavy atom. The lowest BCUT2D eigenvalue weighted by atomic mass is 10.1. The highest BCUT2D eigenvalue weighted by molar-refractivity contribution is 7.93. The van der Waals surface area contributed by atoms with E-state index in [4.69, 9.17) is 16.4 Å². The van der Waals surface area contributed by atoms with Crippen LogP contribution in [0.1, 0.15) is 24.5 Å². The Hall–Kier alpha value is -2.26. The lowest BCUT2D eigenvalue weighted by Gasteiger charge is -2.15. The zero-order chi connectivity index (χ0) is 20.1. The molecule has 0 fully saturated rings. The molecule has 0 aliphatic carbocycles. The van der Waals surface area contributed by atoms with E-state index in [0.29, 0.717) is 0 Å².